The molecule has 0 radical (unpaired) electrons. The molecule has 0 aliphatic carbocycles. The monoisotopic (exact) mass is 309 g/mol. The molecule has 0 aliphatic rings. The molecule has 2 aromatic rings. The Labute approximate surface area is 113 Å². The topological polar surface area (TPSA) is 29.1 Å². The summed E-state index contributed by atoms with van der Waals surface area (Å²) in [6, 6.07) is 11.6. The summed E-state index contributed by atoms with van der Waals surface area (Å²) in [6.07, 6.45) is 0. The van der Waals surface area contributed by atoms with Crippen molar-refractivity contribution in [2.75, 3.05) is 0 Å². The third-order valence-corrected chi connectivity index (χ3v) is 3.87. The van der Waals surface area contributed by atoms with E-state index in [1.165, 1.54) is 0 Å². The summed E-state index contributed by atoms with van der Waals surface area (Å²) in [5, 5.41) is 5.68. The molecule has 4 heteroatoms. The van der Waals surface area contributed by atoms with Gasteiger partial charge in [-0.25, -0.2) is 0 Å². The molecule has 0 saturated carbocycles. The van der Waals surface area contributed by atoms with Gasteiger partial charge in [0.2, 0.25) is 0 Å². The first kappa shape index (κ1) is 12.3. The number of nitrogens with one attached hydrogen (secondary N) is 1. The highest BCUT2D eigenvalue weighted by Crippen LogP contribution is 2.10. The van der Waals surface area contributed by atoms with E-state index in [0.717, 1.165) is 15.8 Å². The minimum atomic E-state index is -0.0267. The van der Waals surface area contributed by atoms with Gasteiger partial charge in [-0.1, -0.05) is 34.1 Å². The number of thiophene rings is 1. The average molecular weight is 310 g/mol. The highest BCUT2D eigenvalue weighted by atomic mass is 79.9. The van der Waals surface area contributed by atoms with Gasteiger partial charge < -0.3 is 5.32 Å². The van der Waals surface area contributed by atoms with Crippen LogP contribution in [-0.4, -0.2) is 5.91 Å². The molecule has 0 spiro atoms. The zero-order chi connectivity index (χ0) is 12.1. The van der Waals surface area contributed by atoms with Gasteiger partial charge in [-0.3, -0.25) is 4.79 Å². The molecule has 0 atom stereocenters. The first-order valence-electron chi connectivity index (χ1n) is 5.25. The predicted octanol–water partition coefficient (Wildman–Crippen LogP) is 3.57. The van der Waals surface area contributed by atoms with Gasteiger partial charge in [-0.2, -0.15) is 0 Å². The molecule has 0 bridgehead atoms. The lowest BCUT2D eigenvalue weighted by Gasteiger charge is -2.04. The average Bonchev–Trinajstić information content (AvgIpc) is 2.89. The van der Waals surface area contributed by atoms with Gasteiger partial charge in [0.05, 0.1) is 6.54 Å². The van der Waals surface area contributed by atoms with Crippen LogP contribution in [0.5, 0.6) is 0 Å². The minimum Gasteiger partial charge on any atom is -0.347 e. The molecule has 0 saturated heterocycles. The molecular weight excluding hydrogens is 298 g/mol. The Morgan fingerprint density at radius 1 is 1.29 bits per heavy atom. The van der Waals surface area contributed by atoms with Crippen molar-refractivity contribution in [2.45, 2.75) is 11.9 Å². The molecule has 1 aromatic carbocycles. The number of hydrogen-bond donors (Lipinski definition) is 1. The molecule has 2 rings (SSSR count). The third kappa shape index (κ3) is 3.41. The zero-order valence-corrected chi connectivity index (χ0v) is 11.6. The van der Waals surface area contributed by atoms with Crippen LogP contribution in [0.3, 0.4) is 0 Å². The van der Waals surface area contributed by atoms with E-state index in [4.69, 9.17) is 0 Å². The number of rotatable bonds is 4. The summed E-state index contributed by atoms with van der Waals surface area (Å²) in [4.78, 5) is 13.0. The van der Waals surface area contributed by atoms with Crippen molar-refractivity contribution in [3.8, 4) is 0 Å². The summed E-state index contributed by atoms with van der Waals surface area (Å²) >= 11 is 5.03. The highest BCUT2D eigenvalue weighted by Gasteiger charge is 2.05. The molecule has 17 heavy (non-hydrogen) atoms. The highest BCUT2D eigenvalue weighted by molar-refractivity contribution is 9.08. The van der Waals surface area contributed by atoms with E-state index >= 15 is 0 Å². The molecule has 2 nitrogen and oxygen atoms in total. The van der Waals surface area contributed by atoms with Crippen molar-refractivity contribution in [1.82, 2.24) is 5.32 Å². The van der Waals surface area contributed by atoms with E-state index in [0.29, 0.717) is 12.1 Å². The summed E-state index contributed by atoms with van der Waals surface area (Å²) < 4.78 is 0. The second-order valence-electron chi connectivity index (χ2n) is 3.60. The maximum absolute atomic E-state index is 11.9. The van der Waals surface area contributed by atoms with E-state index in [9.17, 15) is 4.79 Å². The van der Waals surface area contributed by atoms with Crippen LogP contribution in [0.25, 0.3) is 0 Å². The van der Waals surface area contributed by atoms with E-state index in [1.807, 2.05) is 41.8 Å². The van der Waals surface area contributed by atoms with E-state index in [2.05, 4.69) is 21.2 Å². The minimum absolute atomic E-state index is 0.0267. The fourth-order valence-electron chi connectivity index (χ4n) is 1.48. The summed E-state index contributed by atoms with van der Waals surface area (Å²) in [5.74, 6) is -0.0267. The lowest BCUT2D eigenvalue weighted by molar-refractivity contribution is 0.0951. The normalized spacial score (nSPS) is 10.2. The summed E-state index contributed by atoms with van der Waals surface area (Å²) in [6.45, 7) is 0.592. The van der Waals surface area contributed by atoms with Gasteiger partial charge in [0, 0.05) is 15.8 Å². The Kier molecular flexibility index (Phi) is 4.34. The number of hydrogen-bond acceptors (Lipinski definition) is 2. The molecule has 1 aromatic heterocycles. The maximum atomic E-state index is 11.9. The largest absolute Gasteiger partial charge is 0.347 e. The number of carbonyl (C=O) groups is 1. The van der Waals surface area contributed by atoms with Gasteiger partial charge >= 0.3 is 0 Å². The van der Waals surface area contributed by atoms with Crippen LogP contribution in [-0.2, 0) is 11.9 Å². The molecule has 0 fully saturated rings. The Morgan fingerprint density at radius 2 is 2.18 bits per heavy atom. The number of benzene rings is 1. The van der Waals surface area contributed by atoms with E-state index < -0.39 is 0 Å². The van der Waals surface area contributed by atoms with Crippen molar-refractivity contribution in [3.63, 3.8) is 0 Å². The fraction of sp³-hybridized carbons (Fsp3) is 0.154. The van der Waals surface area contributed by atoms with Gasteiger partial charge in [0.15, 0.2) is 0 Å². The SMILES string of the molecule is O=C(NCc1cccs1)c1cccc(CBr)c1. The van der Waals surface area contributed by atoms with Gasteiger partial charge in [0.25, 0.3) is 5.91 Å². The standard InChI is InChI=1S/C13H12BrNOS/c14-8-10-3-1-4-11(7-10)13(16)15-9-12-5-2-6-17-12/h1-7H,8-9H2,(H,15,16). The van der Waals surface area contributed by atoms with Gasteiger partial charge in [-0.05, 0) is 29.1 Å². The molecule has 0 unspecified atom stereocenters. The molecule has 0 aliphatic heterocycles. The lowest BCUT2D eigenvalue weighted by atomic mass is 10.1. The summed E-state index contributed by atoms with van der Waals surface area (Å²) in [7, 11) is 0. The smallest absolute Gasteiger partial charge is 0.251 e. The first-order valence-corrected chi connectivity index (χ1v) is 7.25. The number of amides is 1. The van der Waals surface area contributed by atoms with Crippen LogP contribution in [0.4, 0.5) is 0 Å². The molecule has 1 amide bonds. The Balaban J connectivity index is 1.99. The van der Waals surface area contributed by atoms with Crippen LogP contribution >= 0.6 is 27.3 Å². The number of carbonyl (C=O) groups excluding carboxylic acids is 1. The Bertz CT molecular complexity index is 496. The van der Waals surface area contributed by atoms with Crippen LogP contribution in [0.2, 0.25) is 0 Å². The first-order chi connectivity index (χ1) is 8.29. The van der Waals surface area contributed by atoms with Crippen molar-refractivity contribution in [1.29, 1.82) is 0 Å². The van der Waals surface area contributed by atoms with Crippen molar-refractivity contribution in [3.05, 3.63) is 57.8 Å². The van der Waals surface area contributed by atoms with Crippen LogP contribution in [0.15, 0.2) is 41.8 Å². The number of halogens is 1. The van der Waals surface area contributed by atoms with Crippen molar-refractivity contribution >= 4 is 33.2 Å². The second kappa shape index (κ2) is 5.98. The van der Waals surface area contributed by atoms with Crippen LogP contribution in [0.1, 0.15) is 20.8 Å². The van der Waals surface area contributed by atoms with Crippen LogP contribution in [0, 0.1) is 0 Å². The molecule has 1 N–H and O–H groups in total. The van der Waals surface area contributed by atoms with Gasteiger partial charge in [0.1, 0.15) is 0 Å². The zero-order valence-electron chi connectivity index (χ0n) is 9.15. The van der Waals surface area contributed by atoms with Crippen LogP contribution < -0.4 is 5.32 Å². The fourth-order valence-corrected chi connectivity index (χ4v) is 2.47. The second-order valence-corrected chi connectivity index (χ2v) is 5.19. The van der Waals surface area contributed by atoms with E-state index in [1.54, 1.807) is 11.3 Å². The molecule has 1 heterocycles. The summed E-state index contributed by atoms with van der Waals surface area (Å²) in [5.41, 5.74) is 1.81. The van der Waals surface area contributed by atoms with Gasteiger partial charge in [-0.15, -0.1) is 11.3 Å². The molecular formula is C13H12BrNOS. The number of alkyl halides is 1. The van der Waals surface area contributed by atoms with Crippen molar-refractivity contribution in [2.24, 2.45) is 0 Å². The van der Waals surface area contributed by atoms with E-state index in [-0.39, 0.29) is 5.91 Å². The maximum Gasteiger partial charge on any atom is 0.251 e. The quantitative estimate of drug-likeness (QED) is 0.859. The van der Waals surface area contributed by atoms with Crippen molar-refractivity contribution < 1.29 is 4.79 Å². The Morgan fingerprint density at radius 3 is 2.88 bits per heavy atom. The predicted molar refractivity (Wildman–Crippen MR) is 74.6 cm³/mol. The Hall–Kier alpha value is -1.13. The molecule has 88 valence electrons. The lowest BCUT2D eigenvalue weighted by Crippen LogP contribution is -2.22. The third-order valence-electron chi connectivity index (χ3n) is 2.35.